The van der Waals surface area contributed by atoms with E-state index >= 15 is 0 Å². The van der Waals surface area contributed by atoms with E-state index in [0.717, 1.165) is 48.2 Å². The molecule has 1 aliphatic heterocycles. The lowest BCUT2D eigenvalue weighted by Gasteiger charge is -2.23. The summed E-state index contributed by atoms with van der Waals surface area (Å²) in [4.78, 5) is 17.6. The highest BCUT2D eigenvalue weighted by Crippen LogP contribution is 2.32. The first-order valence-corrected chi connectivity index (χ1v) is 11.6. The van der Waals surface area contributed by atoms with Crippen LogP contribution in [0.2, 0.25) is 0 Å². The molecule has 0 saturated heterocycles. The second-order valence-corrected chi connectivity index (χ2v) is 8.81. The number of nitrogens with zero attached hydrogens (tertiary/aromatic N) is 2. The van der Waals surface area contributed by atoms with Gasteiger partial charge in [-0.3, -0.25) is 4.79 Å². The molecule has 1 amide bonds. The lowest BCUT2D eigenvalue weighted by atomic mass is 10.1. The van der Waals surface area contributed by atoms with Gasteiger partial charge in [0, 0.05) is 24.7 Å². The van der Waals surface area contributed by atoms with Gasteiger partial charge in [-0.05, 0) is 86.0 Å². The Morgan fingerprint density at radius 3 is 2.87 bits per heavy atom. The van der Waals surface area contributed by atoms with Crippen LogP contribution in [0.15, 0.2) is 46.9 Å². The summed E-state index contributed by atoms with van der Waals surface area (Å²) in [7, 11) is 2.13. The standard InChI is InChI=1S/C24H32BrN3O2/c1-4-13-27(3)14-7-16-30-23-17-19(10-11-20(23)25)24(29)28-15-12-18(2)26-21-8-5-6-9-22(21)28/h5-6,8-11,17-18,26H,4,7,12-16H2,1-3H3/t18-/m1/s1. The summed E-state index contributed by atoms with van der Waals surface area (Å²) in [6.45, 7) is 7.73. The summed E-state index contributed by atoms with van der Waals surface area (Å²) in [6.07, 6.45) is 3.00. The zero-order valence-corrected chi connectivity index (χ0v) is 19.7. The third-order valence-corrected chi connectivity index (χ3v) is 6.01. The van der Waals surface area contributed by atoms with E-state index in [0.29, 0.717) is 30.5 Å². The molecule has 0 radical (unpaired) electrons. The normalized spacial score (nSPS) is 16.0. The second kappa shape index (κ2) is 10.8. The molecule has 0 unspecified atom stereocenters. The average Bonchev–Trinajstić information content (AvgIpc) is 2.90. The highest BCUT2D eigenvalue weighted by Gasteiger charge is 2.24. The lowest BCUT2D eigenvalue weighted by Crippen LogP contribution is -2.32. The molecule has 1 heterocycles. The maximum atomic E-state index is 13.4. The Morgan fingerprint density at radius 1 is 1.27 bits per heavy atom. The van der Waals surface area contributed by atoms with Crippen LogP contribution in [0.3, 0.4) is 0 Å². The molecule has 1 atom stereocenters. The van der Waals surface area contributed by atoms with Crippen molar-refractivity contribution in [2.75, 3.05) is 43.5 Å². The minimum atomic E-state index is -0.00150. The number of carbonyl (C=O) groups is 1. The Balaban J connectivity index is 1.72. The molecular weight excluding hydrogens is 442 g/mol. The zero-order valence-electron chi connectivity index (χ0n) is 18.2. The maximum Gasteiger partial charge on any atom is 0.258 e. The van der Waals surface area contributed by atoms with Crippen LogP contribution in [0.25, 0.3) is 0 Å². The fourth-order valence-electron chi connectivity index (χ4n) is 3.74. The zero-order chi connectivity index (χ0) is 21.5. The van der Waals surface area contributed by atoms with E-state index in [1.54, 1.807) is 0 Å². The van der Waals surface area contributed by atoms with Crippen molar-refractivity contribution in [1.82, 2.24) is 4.90 Å². The minimum absolute atomic E-state index is 0.00150. The Hall–Kier alpha value is -2.05. The minimum Gasteiger partial charge on any atom is -0.492 e. The molecule has 2 aromatic rings. The van der Waals surface area contributed by atoms with E-state index in [1.807, 2.05) is 47.4 Å². The van der Waals surface area contributed by atoms with E-state index in [9.17, 15) is 4.79 Å². The summed E-state index contributed by atoms with van der Waals surface area (Å²) in [6, 6.07) is 13.9. The van der Waals surface area contributed by atoms with Crippen LogP contribution in [-0.4, -0.2) is 50.1 Å². The van der Waals surface area contributed by atoms with Crippen molar-refractivity contribution in [2.24, 2.45) is 0 Å². The molecule has 162 valence electrons. The van der Waals surface area contributed by atoms with Crippen LogP contribution in [0.4, 0.5) is 11.4 Å². The first-order chi connectivity index (χ1) is 14.5. The van der Waals surface area contributed by atoms with Gasteiger partial charge in [0.15, 0.2) is 0 Å². The van der Waals surface area contributed by atoms with E-state index in [2.05, 4.69) is 47.0 Å². The summed E-state index contributed by atoms with van der Waals surface area (Å²) in [5.41, 5.74) is 2.57. The van der Waals surface area contributed by atoms with Gasteiger partial charge in [-0.1, -0.05) is 19.1 Å². The lowest BCUT2D eigenvalue weighted by molar-refractivity contribution is 0.0986. The third-order valence-electron chi connectivity index (χ3n) is 5.35. The van der Waals surface area contributed by atoms with Crippen molar-refractivity contribution in [1.29, 1.82) is 0 Å². The van der Waals surface area contributed by atoms with Crippen LogP contribution in [0, 0.1) is 0 Å². The fourth-order valence-corrected chi connectivity index (χ4v) is 4.10. The molecular formula is C24H32BrN3O2. The number of carbonyl (C=O) groups excluding carboxylic acids is 1. The van der Waals surface area contributed by atoms with Crippen molar-refractivity contribution < 1.29 is 9.53 Å². The largest absolute Gasteiger partial charge is 0.492 e. The fraction of sp³-hybridized carbons (Fsp3) is 0.458. The van der Waals surface area contributed by atoms with Crippen molar-refractivity contribution in [2.45, 2.75) is 39.2 Å². The van der Waals surface area contributed by atoms with Crippen LogP contribution < -0.4 is 15.0 Å². The number of rotatable bonds is 8. The highest BCUT2D eigenvalue weighted by atomic mass is 79.9. The average molecular weight is 474 g/mol. The molecule has 2 aromatic carbocycles. The molecule has 0 aromatic heterocycles. The number of anilines is 2. The monoisotopic (exact) mass is 473 g/mol. The topological polar surface area (TPSA) is 44.8 Å². The van der Waals surface area contributed by atoms with Gasteiger partial charge in [-0.25, -0.2) is 0 Å². The SMILES string of the molecule is CCCN(C)CCCOc1cc(C(=O)N2CC[C@@H](C)Nc3ccccc32)ccc1Br. The quantitative estimate of drug-likeness (QED) is 0.520. The predicted octanol–water partition coefficient (Wildman–Crippen LogP) is 5.41. The summed E-state index contributed by atoms with van der Waals surface area (Å²) in [5, 5.41) is 3.50. The van der Waals surface area contributed by atoms with Gasteiger partial charge in [-0.15, -0.1) is 0 Å². The van der Waals surface area contributed by atoms with Gasteiger partial charge in [0.25, 0.3) is 5.91 Å². The van der Waals surface area contributed by atoms with E-state index < -0.39 is 0 Å². The Morgan fingerprint density at radius 2 is 2.07 bits per heavy atom. The summed E-state index contributed by atoms with van der Waals surface area (Å²) < 4.78 is 6.87. The molecule has 0 saturated carbocycles. The number of nitrogens with one attached hydrogen (secondary N) is 1. The van der Waals surface area contributed by atoms with Crippen LogP contribution >= 0.6 is 15.9 Å². The Kier molecular flexibility index (Phi) is 8.16. The van der Waals surface area contributed by atoms with Crippen molar-refractivity contribution >= 4 is 33.2 Å². The number of hydrogen-bond acceptors (Lipinski definition) is 4. The second-order valence-electron chi connectivity index (χ2n) is 7.96. The number of benzene rings is 2. The summed E-state index contributed by atoms with van der Waals surface area (Å²) >= 11 is 3.56. The number of ether oxygens (including phenoxy) is 1. The Bertz CT molecular complexity index is 858. The molecule has 5 nitrogen and oxygen atoms in total. The number of hydrogen-bond donors (Lipinski definition) is 1. The van der Waals surface area contributed by atoms with E-state index in [-0.39, 0.29) is 5.91 Å². The van der Waals surface area contributed by atoms with Crippen molar-refractivity contribution in [3.05, 3.63) is 52.5 Å². The first-order valence-electron chi connectivity index (χ1n) is 10.8. The molecule has 6 heteroatoms. The molecule has 30 heavy (non-hydrogen) atoms. The highest BCUT2D eigenvalue weighted by molar-refractivity contribution is 9.10. The maximum absolute atomic E-state index is 13.4. The number of amides is 1. The van der Waals surface area contributed by atoms with Gasteiger partial charge in [-0.2, -0.15) is 0 Å². The van der Waals surface area contributed by atoms with Crippen LogP contribution in [0.5, 0.6) is 5.75 Å². The molecule has 0 spiro atoms. The number of fused-ring (bicyclic) bond motifs is 1. The molecule has 0 fully saturated rings. The third kappa shape index (κ3) is 5.76. The van der Waals surface area contributed by atoms with Gasteiger partial charge < -0.3 is 19.9 Å². The molecule has 1 N–H and O–H groups in total. The van der Waals surface area contributed by atoms with Crippen LogP contribution in [-0.2, 0) is 0 Å². The predicted molar refractivity (Wildman–Crippen MR) is 128 cm³/mol. The number of para-hydroxylation sites is 2. The summed E-state index contributed by atoms with van der Waals surface area (Å²) in [5.74, 6) is 0.715. The molecule has 1 aliphatic rings. The van der Waals surface area contributed by atoms with E-state index in [1.165, 1.54) is 0 Å². The van der Waals surface area contributed by atoms with Crippen molar-refractivity contribution in [3.8, 4) is 5.75 Å². The van der Waals surface area contributed by atoms with Gasteiger partial charge in [0.1, 0.15) is 5.75 Å². The van der Waals surface area contributed by atoms with E-state index in [4.69, 9.17) is 4.74 Å². The van der Waals surface area contributed by atoms with Gasteiger partial charge in [0.2, 0.25) is 0 Å². The number of halogens is 1. The smallest absolute Gasteiger partial charge is 0.258 e. The Labute approximate surface area is 188 Å². The van der Waals surface area contributed by atoms with Crippen molar-refractivity contribution in [3.63, 3.8) is 0 Å². The molecule has 0 aliphatic carbocycles. The molecule has 3 rings (SSSR count). The van der Waals surface area contributed by atoms with Gasteiger partial charge in [0.05, 0.1) is 22.5 Å². The first kappa shape index (κ1) is 22.6. The van der Waals surface area contributed by atoms with Gasteiger partial charge >= 0.3 is 0 Å². The molecule has 0 bridgehead atoms. The van der Waals surface area contributed by atoms with Crippen LogP contribution in [0.1, 0.15) is 43.5 Å².